The molecule has 0 saturated heterocycles. The number of aryl methyl sites for hydroxylation is 1. The Morgan fingerprint density at radius 2 is 2.29 bits per heavy atom. The van der Waals surface area contributed by atoms with Crippen LogP contribution in [0.3, 0.4) is 0 Å². The molecule has 0 radical (unpaired) electrons. The third kappa shape index (κ3) is 2.34. The molecule has 86 valence electrons. The summed E-state index contributed by atoms with van der Waals surface area (Å²) in [6, 6.07) is 7.06. The van der Waals surface area contributed by atoms with E-state index in [-0.39, 0.29) is 5.82 Å². The van der Waals surface area contributed by atoms with Crippen LogP contribution in [0.4, 0.5) is 4.39 Å². The Hall–Kier alpha value is -2.15. The Bertz CT molecular complexity index is 566. The second-order valence-electron chi connectivity index (χ2n) is 3.81. The zero-order valence-electron chi connectivity index (χ0n) is 9.52. The van der Waals surface area contributed by atoms with Crippen molar-refractivity contribution in [2.75, 3.05) is 0 Å². The van der Waals surface area contributed by atoms with Gasteiger partial charge in [-0.2, -0.15) is 10.4 Å². The summed E-state index contributed by atoms with van der Waals surface area (Å²) >= 11 is 0. The highest BCUT2D eigenvalue weighted by Gasteiger charge is 2.07. The van der Waals surface area contributed by atoms with Crippen LogP contribution in [-0.2, 0) is 6.54 Å². The number of aromatic nitrogens is 2. The predicted molar refractivity (Wildman–Crippen MR) is 62.6 cm³/mol. The van der Waals surface area contributed by atoms with Crippen molar-refractivity contribution in [3.05, 3.63) is 42.0 Å². The second kappa shape index (κ2) is 4.79. The number of nitrogens with zero attached hydrogens (tertiary/aromatic N) is 3. The normalized spacial score (nSPS) is 10.2. The number of hydrogen-bond acceptors (Lipinski definition) is 2. The van der Waals surface area contributed by atoms with E-state index in [1.807, 2.05) is 12.3 Å². The third-order valence-corrected chi connectivity index (χ3v) is 2.66. The fraction of sp³-hybridized carbons (Fsp3) is 0.231. The van der Waals surface area contributed by atoms with E-state index in [1.54, 1.807) is 23.9 Å². The standard InChI is InChI=1S/C13H12FN3/c1-10-12(4-2-5-13(10)14)11-8-16-17(9-11)7-3-6-15/h2,4-5,8-9H,3,7H2,1H3. The first-order valence-electron chi connectivity index (χ1n) is 5.37. The summed E-state index contributed by atoms with van der Waals surface area (Å²) < 4.78 is 15.1. The van der Waals surface area contributed by atoms with Crippen molar-refractivity contribution in [3.63, 3.8) is 0 Å². The monoisotopic (exact) mass is 229 g/mol. The molecule has 3 nitrogen and oxygen atoms in total. The number of benzene rings is 1. The van der Waals surface area contributed by atoms with Crippen LogP contribution in [0.25, 0.3) is 11.1 Å². The first-order valence-corrected chi connectivity index (χ1v) is 5.37. The fourth-order valence-corrected chi connectivity index (χ4v) is 1.71. The zero-order valence-corrected chi connectivity index (χ0v) is 9.52. The molecule has 2 rings (SSSR count). The van der Waals surface area contributed by atoms with E-state index in [1.165, 1.54) is 6.07 Å². The third-order valence-electron chi connectivity index (χ3n) is 2.66. The van der Waals surface area contributed by atoms with Gasteiger partial charge in [-0.1, -0.05) is 12.1 Å². The van der Waals surface area contributed by atoms with Crippen molar-refractivity contribution in [1.82, 2.24) is 9.78 Å². The summed E-state index contributed by atoms with van der Waals surface area (Å²) in [5.41, 5.74) is 2.33. The lowest BCUT2D eigenvalue weighted by atomic mass is 10.0. The number of halogens is 1. The minimum Gasteiger partial charge on any atom is -0.271 e. The van der Waals surface area contributed by atoms with Crippen LogP contribution < -0.4 is 0 Å². The minimum absolute atomic E-state index is 0.215. The van der Waals surface area contributed by atoms with E-state index < -0.39 is 0 Å². The lowest BCUT2D eigenvalue weighted by Crippen LogP contribution is -1.96. The van der Waals surface area contributed by atoms with Gasteiger partial charge in [-0.15, -0.1) is 0 Å². The summed E-state index contributed by atoms with van der Waals surface area (Å²) in [4.78, 5) is 0. The Balaban J connectivity index is 2.31. The highest BCUT2D eigenvalue weighted by Crippen LogP contribution is 2.24. The smallest absolute Gasteiger partial charge is 0.126 e. The second-order valence-corrected chi connectivity index (χ2v) is 3.81. The van der Waals surface area contributed by atoms with Crippen LogP contribution in [0.5, 0.6) is 0 Å². The van der Waals surface area contributed by atoms with E-state index in [2.05, 4.69) is 11.2 Å². The van der Waals surface area contributed by atoms with Crippen molar-refractivity contribution in [2.24, 2.45) is 0 Å². The number of nitriles is 1. The summed E-state index contributed by atoms with van der Waals surface area (Å²) in [6.07, 6.45) is 3.95. The molecule has 0 amide bonds. The van der Waals surface area contributed by atoms with Crippen LogP contribution in [0.15, 0.2) is 30.6 Å². The summed E-state index contributed by atoms with van der Waals surface area (Å²) in [5, 5.41) is 12.6. The number of rotatable bonds is 3. The van der Waals surface area contributed by atoms with Crippen molar-refractivity contribution >= 4 is 0 Å². The average molecular weight is 229 g/mol. The van der Waals surface area contributed by atoms with Crippen LogP contribution in [0, 0.1) is 24.1 Å². The Morgan fingerprint density at radius 1 is 1.47 bits per heavy atom. The van der Waals surface area contributed by atoms with E-state index in [9.17, 15) is 4.39 Å². The molecule has 1 aromatic carbocycles. The molecular formula is C13H12FN3. The maximum atomic E-state index is 13.4. The largest absolute Gasteiger partial charge is 0.271 e. The molecule has 0 aliphatic heterocycles. The molecule has 0 unspecified atom stereocenters. The van der Waals surface area contributed by atoms with Gasteiger partial charge in [-0.3, -0.25) is 4.68 Å². The molecule has 0 saturated carbocycles. The number of hydrogen-bond donors (Lipinski definition) is 0. The van der Waals surface area contributed by atoms with Crippen molar-refractivity contribution < 1.29 is 4.39 Å². The maximum absolute atomic E-state index is 13.4. The Morgan fingerprint density at radius 3 is 3.06 bits per heavy atom. The highest BCUT2D eigenvalue weighted by atomic mass is 19.1. The van der Waals surface area contributed by atoms with Crippen molar-refractivity contribution in [3.8, 4) is 17.2 Å². The summed E-state index contributed by atoms with van der Waals surface area (Å²) in [5.74, 6) is -0.215. The average Bonchev–Trinajstić information content (AvgIpc) is 2.78. The lowest BCUT2D eigenvalue weighted by molar-refractivity contribution is 0.619. The van der Waals surface area contributed by atoms with Crippen LogP contribution in [-0.4, -0.2) is 9.78 Å². The van der Waals surface area contributed by atoms with Gasteiger partial charge >= 0.3 is 0 Å². The minimum atomic E-state index is -0.215. The highest BCUT2D eigenvalue weighted by molar-refractivity contribution is 5.65. The van der Waals surface area contributed by atoms with Gasteiger partial charge in [0.05, 0.1) is 25.2 Å². The molecule has 0 bridgehead atoms. The molecule has 4 heteroatoms. The van der Waals surface area contributed by atoms with Gasteiger partial charge in [0.25, 0.3) is 0 Å². The molecule has 0 atom stereocenters. The van der Waals surface area contributed by atoms with Gasteiger partial charge in [-0.25, -0.2) is 4.39 Å². The topological polar surface area (TPSA) is 41.6 Å². The summed E-state index contributed by atoms with van der Waals surface area (Å²) in [6.45, 7) is 2.31. The van der Waals surface area contributed by atoms with Gasteiger partial charge in [0.1, 0.15) is 5.82 Å². The maximum Gasteiger partial charge on any atom is 0.126 e. The first-order chi connectivity index (χ1) is 8.22. The zero-order chi connectivity index (χ0) is 12.3. The van der Waals surface area contributed by atoms with E-state index in [4.69, 9.17) is 5.26 Å². The molecule has 0 N–H and O–H groups in total. The lowest BCUT2D eigenvalue weighted by Gasteiger charge is -2.03. The van der Waals surface area contributed by atoms with E-state index in [0.717, 1.165) is 11.1 Å². The van der Waals surface area contributed by atoms with E-state index in [0.29, 0.717) is 18.5 Å². The summed E-state index contributed by atoms with van der Waals surface area (Å²) in [7, 11) is 0. The Labute approximate surface area is 99.1 Å². The first kappa shape index (κ1) is 11.3. The van der Waals surface area contributed by atoms with E-state index >= 15 is 0 Å². The molecule has 17 heavy (non-hydrogen) atoms. The van der Waals surface area contributed by atoms with Gasteiger partial charge in [0.2, 0.25) is 0 Å². The van der Waals surface area contributed by atoms with Gasteiger partial charge in [-0.05, 0) is 24.1 Å². The quantitative estimate of drug-likeness (QED) is 0.812. The SMILES string of the molecule is Cc1c(F)cccc1-c1cnn(CCC#N)c1. The molecule has 0 fully saturated rings. The molecular weight excluding hydrogens is 217 g/mol. The molecule has 2 aromatic rings. The molecule has 1 heterocycles. The molecule has 0 aliphatic rings. The predicted octanol–water partition coefficient (Wildman–Crippen LogP) is 2.91. The van der Waals surface area contributed by atoms with Gasteiger partial charge < -0.3 is 0 Å². The van der Waals surface area contributed by atoms with Gasteiger partial charge in [0.15, 0.2) is 0 Å². The van der Waals surface area contributed by atoms with Crippen LogP contribution in [0.2, 0.25) is 0 Å². The molecule has 0 spiro atoms. The van der Waals surface area contributed by atoms with Crippen LogP contribution in [0.1, 0.15) is 12.0 Å². The fourth-order valence-electron chi connectivity index (χ4n) is 1.71. The molecule has 0 aliphatic carbocycles. The van der Waals surface area contributed by atoms with Crippen LogP contribution >= 0.6 is 0 Å². The van der Waals surface area contributed by atoms with Crippen molar-refractivity contribution in [1.29, 1.82) is 5.26 Å². The van der Waals surface area contributed by atoms with Crippen molar-refractivity contribution in [2.45, 2.75) is 19.9 Å². The van der Waals surface area contributed by atoms with Gasteiger partial charge in [0, 0.05) is 11.8 Å². The Kier molecular flexibility index (Phi) is 3.20. The molecule has 1 aromatic heterocycles.